The minimum Gasteiger partial charge on any atom is -0.366 e. The number of aryl methyl sites for hydroxylation is 1. The van der Waals surface area contributed by atoms with E-state index in [4.69, 9.17) is 5.73 Å². The van der Waals surface area contributed by atoms with Crippen LogP contribution in [0.25, 0.3) is 0 Å². The number of nitrogens with two attached hydrogens (primary N) is 1. The van der Waals surface area contributed by atoms with E-state index >= 15 is 0 Å². The van der Waals surface area contributed by atoms with E-state index in [9.17, 15) is 0 Å². The van der Waals surface area contributed by atoms with Crippen LogP contribution in [0.4, 0.5) is 5.69 Å². The highest BCUT2D eigenvalue weighted by Crippen LogP contribution is 2.24. The van der Waals surface area contributed by atoms with Crippen LogP contribution in [0.2, 0.25) is 0 Å². The highest BCUT2D eigenvalue weighted by Gasteiger charge is 2.09. The second-order valence-electron chi connectivity index (χ2n) is 4.37. The summed E-state index contributed by atoms with van der Waals surface area (Å²) in [6, 6.07) is 12.9. The molecule has 2 rings (SSSR count). The Morgan fingerprint density at radius 2 is 1.83 bits per heavy atom. The number of hydrogen-bond donors (Lipinski definition) is 1. The van der Waals surface area contributed by atoms with Crippen molar-refractivity contribution >= 4 is 17.0 Å². The minimum absolute atomic E-state index is 0.640. The monoisotopic (exact) mass is 260 g/mol. The summed E-state index contributed by atoms with van der Waals surface area (Å²) in [5, 5.41) is 0. The van der Waals surface area contributed by atoms with Gasteiger partial charge in [0.2, 0.25) is 0 Å². The first-order chi connectivity index (χ1) is 8.74. The Morgan fingerprint density at radius 1 is 1.11 bits per heavy atom. The van der Waals surface area contributed by atoms with Crippen LogP contribution in [0.15, 0.2) is 36.4 Å². The predicted octanol–water partition coefficient (Wildman–Crippen LogP) is 3.54. The Morgan fingerprint density at radius 3 is 2.44 bits per heavy atom. The van der Waals surface area contributed by atoms with Crippen molar-refractivity contribution in [3.8, 4) is 0 Å². The third kappa shape index (κ3) is 2.92. The number of rotatable bonds is 5. The summed E-state index contributed by atoms with van der Waals surface area (Å²) in [4.78, 5) is 5.04. The molecule has 0 saturated heterocycles. The third-order valence-electron chi connectivity index (χ3n) is 3.10. The molecule has 0 radical (unpaired) electrons. The Labute approximate surface area is 113 Å². The number of hydrogen-bond acceptors (Lipinski definition) is 3. The molecular formula is C15H20N2S. The SMILES string of the molecule is CCN(Cc1ccc(CN)s1)c1ccccc1C. The molecule has 0 spiro atoms. The van der Waals surface area contributed by atoms with Gasteiger partial charge in [0.1, 0.15) is 0 Å². The van der Waals surface area contributed by atoms with E-state index in [2.05, 4.69) is 55.1 Å². The van der Waals surface area contributed by atoms with Crippen molar-refractivity contribution in [2.45, 2.75) is 26.9 Å². The lowest BCUT2D eigenvalue weighted by Gasteiger charge is -2.24. The van der Waals surface area contributed by atoms with Gasteiger partial charge in [-0.1, -0.05) is 18.2 Å². The fourth-order valence-electron chi connectivity index (χ4n) is 2.09. The van der Waals surface area contributed by atoms with E-state index in [0.717, 1.165) is 13.1 Å². The molecule has 1 heterocycles. The van der Waals surface area contributed by atoms with E-state index in [1.165, 1.54) is 21.0 Å². The number of anilines is 1. The van der Waals surface area contributed by atoms with E-state index in [0.29, 0.717) is 6.54 Å². The van der Waals surface area contributed by atoms with Crippen LogP contribution in [0.3, 0.4) is 0 Å². The van der Waals surface area contributed by atoms with E-state index in [1.807, 2.05) is 11.3 Å². The summed E-state index contributed by atoms with van der Waals surface area (Å²) >= 11 is 1.81. The summed E-state index contributed by atoms with van der Waals surface area (Å²) in [5.74, 6) is 0. The molecule has 18 heavy (non-hydrogen) atoms. The first kappa shape index (κ1) is 13.1. The summed E-state index contributed by atoms with van der Waals surface area (Å²) in [6.07, 6.45) is 0. The predicted molar refractivity (Wildman–Crippen MR) is 80.1 cm³/mol. The maximum absolute atomic E-state index is 5.66. The third-order valence-corrected chi connectivity index (χ3v) is 4.20. The van der Waals surface area contributed by atoms with Gasteiger partial charge in [-0.05, 0) is 37.6 Å². The van der Waals surface area contributed by atoms with Gasteiger partial charge in [0.25, 0.3) is 0 Å². The number of thiophene rings is 1. The van der Waals surface area contributed by atoms with Crippen LogP contribution >= 0.6 is 11.3 Å². The molecule has 0 aliphatic carbocycles. The topological polar surface area (TPSA) is 29.3 Å². The first-order valence-electron chi connectivity index (χ1n) is 6.32. The van der Waals surface area contributed by atoms with Crippen LogP contribution in [0.5, 0.6) is 0 Å². The van der Waals surface area contributed by atoms with E-state index < -0.39 is 0 Å². The van der Waals surface area contributed by atoms with Gasteiger partial charge in [0.05, 0.1) is 6.54 Å². The fourth-order valence-corrected chi connectivity index (χ4v) is 3.00. The molecular weight excluding hydrogens is 240 g/mol. The molecule has 0 bridgehead atoms. The lowest BCUT2D eigenvalue weighted by atomic mass is 10.2. The Kier molecular flexibility index (Phi) is 4.39. The van der Waals surface area contributed by atoms with Crippen molar-refractivity contribution in [3.63, 3.8) is 0 Å². The van der Waals surface area contributed by atoms with Gasteiger partial charge in [-0.15, -0.1) is 11.3 Å². The maximum Gasteiger partial charge on any atom is 0.0522 e. The largest absolute Gasteiger partial charge is 0.366 e. The normalized spacial score (nSPS) is 10.6. The van der Waals surface area contributed by atoms with Gasteiger partial charge in [-0.3, -0.25) is 0 Å². The molecule has 0 saturated carbocycles. The summed E-state index contributed by atoms with van der Waals surface area (Å²) in [6.45, 7) is 6.98. The van der Waals surface area contributed by atoms with Crippen molar-refractivity contribution in [1.29, 1.82) is 0 Å². The standard InChI is InChI=1S/C15H20N2S/c1-3-17(15-7-5-4-6-12(15)2)11-14-9-8-13(10-16)18-14/h4-9H,3,10-11,16H2,1-2H3. The molecule has 0 fully saturated rings. The maximum atomic E-state index is 5.66. The smallest absolute Gasteiger partial charge is 0.0522 e. The highest BCUT2D eigenvalue weighted by molar-refractivity contribution is 7.12. The molecule has 1 aromatic heterocycles. The summed E-state index contributed by atoms with van der Waals surface area (Å²) in [5.41, 5.74) is 8.31. The number of nitrogens with zero attached hydrogens (tertiary/aromatic N) is 1. The Balaban J connectivity index is 2.17. The van der Waals surface area contributed by atoms with E-state index in [-0.39, 0.29) is 0 Å². The van der Waals surface area contributed by atoms with Crippen LogP contribution < -0.4 is 10.6 Å². The van der Waals surface area contributed by atoms with Gasteiger partial charge < -0.3 is 10.6 Å². The van der Waals surface area contributed by atoms with Gasteiger partial charge in [-0.25, -0.2) is 0 Å². The molecule has 1 aromatic carbocycles. The van der Waals surface area contributed by atoms with Gasteiger partial charge in [0, 0.05) is 28.5 Å². The molecule has 0 amide bonds. The second-order valence-corrected chi connectivity index (χ2v) is 5.63. The van der Waals surface area contributed by atoms with Crippen molar-refractivity contribution in [1.82, 2.24) is 0 Å². The lowest BCUT2D eigenvalue weighted by Crippen LogP contribution is -2.22. The number of benzene rings is 1. The molecule has 96 valence electrons. The van der Waals surface area contributed by atoms with E-state index in [1.54, 1.807) is 0 Å². The van der Waals surface area contributed by atoms with Crippen molar-refractivity contribution in [2.75, 3.05) is 11.4 Å². The molecule has 0 atom stereocenters. The van der Waals surface area contributed by atoms with Gasteiger partial charge >= 0.3 is 0 Å². The zero-order valence-corrected chi connectivity index (χ0v) is 11.8. The number of para-hydroxylation sites is 1. The average molecular weight is 260 g/mol. The molecule has 0 unspecified atom stereocenters. The lowest BCUT2D eigenvalue weighted by molar-refractivity contribution is 0.838. The second kappa shape index (κ2) is 6.03. The summed E-state index contributed by atoms with van der Waals surface area (Å²) in [7, 11) is 0. The van der Waals surface area contributed by atoms with Crippen LogP contribution in [0, 0.1) is 6.92 Å². The van der Waals surface area contributed by atoms with Gasteiger partial charge in [0.15, 0.2) is 0 Å². The zero-order chi connectivity index (χ0) is 13.0. The van der Waals surface area contributed by atoms with Crippen LogP contribution in [-0.4, -0.2) is 6.54 Å². The molecule has 0 aliphatic heterocycles. The Bertz CT molecular complexity index is 505. The van der Waals surface area contributed by atoms with Crippen molar-refractivity contribution in [3.05, 3.63) is 51.7 Å². The quantitative estimate of drug-likeness (QED) is 0.891. The zero-order valence-electron chi connectivity index (χ0n) is 11.0. The van der Waals surface area contributed by atoms with Crippen LogP contribution in [0.1, 0.15) is 22.2 Å². The van der Waals surface area contributed by atoms with Crippen molar-refractivity contribution < 1.29 is 0 Å². The fraction of sp³-hybridized carbons (Fsp3) is 0.333. The first-order valence-corrected chi connectivity index (χ1v) is 7.14. The van der Waals surface area contributed by atoms with Crippen molar-refractivity contribution in [2.24, 2.45) is 5.73 Å². The highest BCUT2D eigenvalue weighted by atomic mass is 32.1. The van der Waals surface area contributed by atoms with Crippen LogP contribution in [-0.2, 0) is 13.1 Å². The average Bonchev–Trinajstić information content (AvgIpc) is 2.85. The van der Waals surface area contributed by atoms with Gasteiger partial charge in [-0.2, -0.15) is 0 Å². The minimum atomic E-state index is 0.640. The molecule has 0 aliphatic rings. The molecule has 2 nitrogen and oxygen atoms in total. The molecule has 3 heteroatoms. The Hall–Kier alpha value is -1.32. The molecule has 2 N–H and O–H groups in total. The molecule has 2 aromatic rings. The summed E-state index contributed by atoms with van der Waals surface area (Å²) < 4.78 is 0.